The summed E-state index contributed by atoms with van der Waals surface area (Å²) < 4.78 is 5.71. The van der Waals surface area contributed by atoms with E-state index in [-0.39, 0.29) is 6.17 Å². The van der Waals surface area contributed by atoms with Crippen LogP contribution in [0.2, 0.25) is 0 Å². The van der Waals surface area contributed by atoms with Crippen molar-refractivity contribution < 1.29 is 4.74 Å². The average molecular weight is 220 g/mol. The molecule has 1 aliphatic heterocycles. The van der Waals surface area contributed by atoms with E-state index in [1.54, 1.807) is 0 Å². The second-order valence-corrected chi connectivity index (χ2v) is 4.22. The van der Waals surface area contributed by atoms with Crippen LogP contribution in [0.15, 0.2) is 18.2 Å². The predicted octanol–water partition coefficient (Wildman–Crippen LogP) is 2.31. The molecule has 1 aliphatic rings. The van der Waals surface area contributed by atoms with Crippen LogP contribution in [0.25, 0.3) is 0 Å². The van der Waals surface area contributed by atoms with E-state index in [0.717, 1.165) is 5.75 Å². The predicted molar refractivity (Wildman–Crippen MR) is 65.6 cm³/mol. The zero-order valence-electron chi connectivity index (χ0n) is 10.4. The van der Waals surface area contributed by atoms with Crippen molar-refractivity contribution >= 4 is 0 Å². The molecule has 2 unspecified atom stereocenters. The van der Waals surface area contributed by atoms with Crippen molar-refractivity contribution in [3.63, 3.8) is 0 Å². The van der Waals surface area contributed by atoms with Crippen molar-refractivity contribution in [2.75, 3.05) is 20.7 Å². The molecule has 0 aliphatic carbocycles. The zero-order chi connectivity index (χ0) is 11.7. The summed E-state index contributed by atoms with van der Waals surface area (Å²) in [4.78, 5) is 2.33. The lowest BCUT2D eigenvalue weighted by Crippen LogP contribution is -2.29. The van der Waals surface area contributed by atoms with E-state index >= 15 is 0 Å². The van der Waals surface area contributed by atoms with Gasteiger partial charge in [0.2, 0.25) is 0 Å². The number of nitrogens with one attached hydrogen (secondary N) is 1. The fraction of sp³-hybridized carbons (Fsp3) is 0.538. The van der Waals surface area contributed by atoms with Gasteiger partial charge in [-0.1, -0.05) is 12.1 Å². The first-order valence-corrected chi connectivity index (χ1v) is 5.85. The van der Waals surface area contributed by atoms with E-state index in [4.69, 9.17) is 4.74 Å². The van der Waals surface area contributed by atoms with E-state index < -0.39 is 0 Å². The fourth-order valence-electron chi connectivity index (χ4n) is 2.49. The molecule has 3 nitrogen and oxygen atoms in total. The van der Waals surface area contributed by atoms with Crippen LogP contribution in [0.1, 0.15) is 37.2 Å². The first-order valence-electron chi connectivity index (χ1n) is 5.85. The first-order chi connectivity index (χ1) is 7.70. The molecule has 2 rings (SSSR count). The summed E-state index contributed by atoms with van der Waals surface area (Å²) in [6, 6.07) is 6.76. The van der Waals surface area contributed by atoms with E-state index in [0.29, 0.717) is 12.6 Å². The summed E-state index contributed by atoms with van der Waals surface area (Å²) >= 11 is 0. The van der Waals surface area contributed by atoms with Crippen LogP contribution in [0, 0.1) is 0 Å². The number of benzene rings is 1. The van der Waals surface area contributed by atoms with Gasteiger partial charge in [0.25, 0.3) is 0 Å². The Morgan fingerprint density at radius 2 is 2.19 bits per heavy atom. The molecule has 0 aromatic heterocycles. The molecule has 2 atom stereocenters. The van der Waals surface area contributed by atoms with Crippen LogP contribution < -0.4 is 10.1 Å². The zero-order valence-corrected chi connectivity index (χ0v) is 10.4. The van der Waals surface area contributed by atoms with Gasteiger partial charge in [0.1, 0.15) is 5.75 Å². The summed E-state index contributed by atoms with van der Waals surface area (Å²) in [7, 11) is 4.13. The lowest BCUT2D eigenvalue weighted by Gasteiger charge is -2.23. The van der Waals surface area contributed by atoms with E-state index in [2.05, 4.69) is 42.4 Å². The summed E-state index contributed by atoms with van der Waals surface area (Å²) in [5, 5.41) is 3.35. The Morgan fingerprint density at radius 1 is 1.44 bits per heavy atom. The second kappa shape index (κ2) is 4.44. The molecule has 3 heteroatoms. The smallest absolute Gasteiger partial charge is 0.125 e. The van der Waals surface area contributed by atoms with E-state index in [9.17, 15) is 0 Å². The van der Waals surface area contributed by atoms with Gasteiger partial charge in [0, 0.05) is 11.6 Å². The Balaban J connectivity index is 2.48. The molecular formula is C13H20N2O. The highest BCUT2D eigenvalue weighted by Crippen LogP contribution is 2.43. The van der Waals surface area contributed by atoms with Gasteiger partial charge in [-0.3, -0.25) is 4.90 Å². The van der Waals surface area contributed by atoms with E-state index in [1.165, 1.54) is 11.1 Å². The maximum absolute atomic E-state index is 5.71. The Bertz CT molecular complexity index is 378. The molecule has 1 heterocycles. The number of rotatable bonds is 3. The molecule has 0 bridgehead atoms. The highest BCUT2D eigenvalue weighted by Gasteiger charge is 2.34. The Labute approximate surface area is 97.4 Å². The molecule has 1 aromatic rings. The number of hydrogen-bond acceptors (Lipinski definition) is 3. The first kappa shape index (κ1) is 11.4. The molecule has 0 spiro atoms. The third-order valence-corrected chi connectivity index (χ3v) is 3.41. The van der Waals surface area contributed by atoms with Crippen LogP contribution in [-0.4, -0.2) is 25.6 Å². The molecule has 0 radical (unpaired) electrons. The van der Waals surface area contributed by atoms with Crippen molar-refractivity contribution in [1.82, 2.24) is 10.2 Å². The molecule has 16 heavy (non-hydrogen) atoms. The Morgan fingerprint density at radius 3 is 2.81 bits per heavy atom. The second-order valence-electron chi connectivity index (χ2n) is 4.22. The van der Waals surface area contributed by atoms with Gasteiger partial charge in [-0.15, -0.1) is 0 Å². The number of hydrogen-bond donors (Lipinski definition) is 1. The number of ether oxygens (including phenoxy) is 1. The summed E-state index contributed by atoms with van der Waals surface area (Å²) in [5.41, 5.74) is 2.66. The maximum Gasteiger partial charge on any atom is 0.125 e. The van der Waals surface area contributed by atoms with Gasteiger partial charge in [0.15, 0.2) is 0 Å². The quantitative estimate of drug-likeness (QED) is 0.846. The molecule has 0 fully saturated rings. The molecule has 0 amide bonds. The van der Waals surface area contributed by atoms with Crippen LogP contribution in [-0.2, 0) is 0 Å². The highest BCUT2D eigenvalue weighted by atomic mass is 16.5. The van der Waals surface area contributed by atoms with Crippen LogP contribution in [0.5, 0.6) is 5.75 Å². The molecular weight excluding hydrogens is 200 g/mol. The van der Waals surface area contributed by atoms with Gasteiger partial charge in [-0.25, -0.2) is 0 Å². The fourth-order valence-corrected chi connectivity index (χ4v) is 2.49. The molecule has 88 valence electrons. The lowest BCUT2D eigenvalue weighted by molar-refractivity contribution is 0.192. The largest absolute Gasteiger partial charge is 0.493 e. The topological polar surface area (TPSA) is 24.5 Å². The van der Waals surface area contributed by atoms with Crippen molar-refractivity contribution in [1.29, 1.82) is 0 Å². The molecule has 0 saturated carbocycles. The third-order valence-electron chi connectivity index (χ3n) is 3.41. The summed E-state index contributed by atoms with van der Waals surface area (Å²) in [6.45, 7) is 4.97. The standard InChI is InChI=1S/C13H20N2O/c1-5-16-11-8-6-7-10-9(2)15(4)13(14-3)12(10)11/h6-9,13-14H,5H2,1-4H3. The number of fused-ring (bicyclic) bond motifs is 1. The van der Waals surface area contributed by atoms with Crippen LogP contribution in [0.4, 0.5) is 0 Å². The maximum atomic E-state index is 5.71. The minimum atomic E-state index is 0.257. The van der Waals surface area contributed by atoms with Crippen molar-refractivity contribution in [2.45, 2.75) is 26.1 Å². The Hall–Kier alpha value is -1.06. The lowest BCUT2D eigenvalue weighted by atomic mass is 10.0. The highest BCUT2D eigenvalue weighted by molar-refractivity contribution is 5.46. The summed E-state index contributed by atoms with van der Waals surface area (Å²) in [5.74, 6) is 1.01. The van der Waals surface area contributed by atoms with Gasteiger partial charge in [0.05, 0.1) is 12.8 Å². The van der Waals surface area contributed by atoms with Gasteiger partial charge >= 0.3 is 0 Å². The van der Waals surface area contributed by atoms with Crippen LogP contribution >= 0.6 is 0 Å². The SMILES string of the molecule is CCOc1cccc2c1C(NC)N(C)C2C. The molecule has 1 N–H and O–H groups in total. The van der Waals surface area contributed by atoms with Crippen molar-refractivity contribution in [3.8, 4) is 5.75 Å². The minimum Gasteiger partial charge on any atom is -0.493 e. The van der Waals surface area contributed by atoms with E-state index in [1.807, 2.05) is 14.0 Å². The van der Waals surface area contributed by atoms with Gasteiger partial charge < -0.3 is 10.1 Å². The van der Waals surface area contributed by atoms with Crippen molar-refractivity contribution in [3.05, 3.63) is 29.3 Å². The third kappa shape index (κ3) is 1.60. The van der Waals surface area contributed by atoms with Gasteiger partial charge in [-0.2, -0.15) is 0 Å². The average Bonchev–Trinajstić information content (AvgIpc) is 2.54. The molecule has 1 aromatic carbocycles. The number of nitrogens with zero attached hydrogens (tertiary/aromatic N) is 1. The monoisotopic (exact) mass is 220 g/mol. The normalized spacial score (nSPS) is 24.5. The minimum absolute atomic E-state index is 0.257. The van der Waals surface area contributed by atoms with Crippen molar-refractivity contribution in [2.24, 2.45) is 0 Å². The Kier molecular flexibility index (Phi) is 3.17. The summed E-state index contributed by atoms with van der Waals surface area (Å²) in [6.07, 6.45) is 0.257. The van der Waals surface area contributed by atoms with Gasteiger partial charge in [-0.05, 0) is 39.6 Å². The van der Waals surface area contributed by atoms with Crippen LogP contribution in [0.3, 0.4) is 0 Å². The molecule has 0 saturated heterocycles.